The van der Waals surface area contributed by atoms with Crippen LogP contribution in [0.15, 0.2) is 0 Å². The second-order valence-electron chi connectivity index (χ2n) is 8.02. The molecule has 1 aliphatic heterocycles. The summed E-state index contributed by atoms with van der Waals surface area (Å²) in [6.45, 7) is 5.13. The van der Waals surface area contributed by atoms with Crippen LogP contribution in [0.5, 0.6) is 0 Å². The van der Waals surface area contributed by atoms with Crippen LogP contribution in [0.2, 0.25) is 0 Å². The number of hydrogen-bond acceptors (Lipinski definition) is 2. The molecule has 1 heterocycles. The van der Waals surface area contributed by atoms with Crippen LogP contribution in [-0.2, 0) is 4.79 Å². The van der Waals surface area contributed by atoms with Gasteiger partial charge in [-0.3, -0.25) is 9.69 Å². The first-order valence-corrected chi connectivity index (χ1v) is 9.88. The predicted molar refractivity (Wildman–Crippen MR) is 87.4 cm³/mol. The van der Waals surface area contributed by atoms with Crippen LogP contribution in [0.25, 0.3) is 0 Å². The molecular formula is C17H27BrN2O. The first-order valence-electron chi connectivity index (χ1n) is 8.76. The van der Waals surface area contributed by atoms with Gasteiger partial charge in [-0.25, -0.2) is 0 Å². The van der Waals surface area contributed by atoms with Crippen LogP contribution >= 0.6 is 15.9 Å². The second kappa shape index (κ2) is 5.52. The Bertz CT molecular complexity index is 382. The molecule has 0 aromatic rings. The zero-order chi connectivity index (χ0) is 14.4. The van der Waals surface area contributed by atoms with Crippen molar-refractivity contribution in [1.82, 2.24) is 9.80 Å². The minimum Gasteiger partial charge on any atom is -0.340 e. The summed E-state index contributed by atoms with van der Waals surface area (Å²) in [7, 11) is 0. The molecule has 3 nitrogen and oxygen atoms in total. The highest BCUT2D eigenvalue weighted by atomic mass is 79.9. The van der Waals surface area contributed by atoms with Crippen molar-refractivity contribution in [3.05, 3.63) is 0 Å². The molecule has 1 saturated heterocycles. The number of amides is 1. The predicted octanol–water partition coefficient (Wildman–Crippen LogP) is 2.74. The van der Waals surface area contributed by atoms with Crippen molar-refractivity contribution in [2.45, 2.75) is 38.5 Å². The third-order valence-corrected chi connectivity index (χ3v) is 6.91. The second-order valence-corrected chi connectivity index (χ2v) is 8.81. The maximum absolute atomic E-state index is 13.2. The highest BCUT2D eigenvalue weighted by Gasteiger charge is 2.55. The van der Waals surface area contributed by atoms with E-state index in [1.807, 2.05) is 0 Å². The Labute approximate surface area is 136 Å². The van der Waals surface area contributed by atoms with Crippen LogP contribution in [0.4, 0.5) is 0 Å². The Morgan fingerprint density at radius 3 is 1.95 bits per heavy atom. The normalized spacial score (nSPS) is 42.5. The number of piperazine rings is 1. The van der Waals surface area contributed by atoms with Crippen molar-refractivity contribution in [1.29, 1.82) is 0 Å². The van der Waals surface area contributed by atoms with Crippen LogP contribution < -0.4 is 0 Å². The molecule has 5 fully saturated rings. The lowest BCUT2D eigenvalue weighted by Gasteiger charge is -2.57. The van der Waals surface area contributed by atoms with Crippen molar-refractivity contribution in [2.24, 2.45) is 23.2 Å². The third-order valence-electron chi connectivity index (χ3n) is 6.55. The van der Waals surface area contributed by atoms with Crippen molar-refractivity contribution in [2.75, 3.05) is 38.1 Å². The molecule has 0 spiro atoms. The number of carbonyl (C=O) groups excluding carboxylic acids is 1. The van der Waals surface area contributed by atoms with Crippen LogP contribution in [-0.4, -0.2) is 53.8 Å². The number of halogens is 1. The van der Waals surface area contributed by atoms with Gasteiger partial charge in [0.25, 0.3) is 0 Å². The first-order chi connectivity index (χ1) is 10.2. The van der Waals surface area contributed by atoms with Crippen molar-refractivity contribution in [3.63, 3.8) is 0 Å². The standard InChI is InChI=1S/C17H27BrN2O/c18-1-2-19-3-5-20(6-4-19)16(21)17-10-13-7-14(11-17)9-15(8-13)12-17/h13-15H,1-12H2. The number of nitrogens with zero attached hydrogens (tertiary/aromatic N) is 2. The molecule has 5 aliphatic rings. The van der Waals surface area contributed by atoms with Gasteiger partial charge < -0.3 is 4.90 Å². The van der Waals surface area contributed by atoms with E-state index in [0.717, 1.165) is 55.8 Å². The van der Waals surface area contributed by atoms with E-state index >= 15 is 0 Å². The van der Waals surface area contributed by atoms with E-state index in [9.17, 15) is 4.79 Å². The molecule has 4 bridgehead atoms. The maximum Gasteiger partial charge on any atom is 0.228 e. The lowest BCUT2D eigenvalue weighted by molar-refractivity contribution is -0.159. The SMILES string of the molecule is O=C(N1CCN(CCBr)CC1)C12CC3CC(CC(C3)C1)C2. The number of carbonyl (C=O) groups is 1. The molecular weight excluding hydrogens is 328 g/mol. The minimum absolute atomic E-state index is 0.0618. The van der Waals surface area contributed by atoms with E-state index in [2.05, 4.69) is 25.7 Å². The van der Waals surface area contributed by atoms with Gasteiger partial charge in [0.05, 0.1) is 5.41 Å². The third kappa shape index (κ3) is 2.56. The van der Waals surface area contributed by atoms with Gasteiger partial charge in [-0.15, -0.1) is 0 Å². The minimum atomic E-state index is 0.0618. The number of hydrogen-bond donors (Lipinski definition) is 0. The Hall–Kier alpha value is -0.0900. The maximum atomic E-state index is 13.2. The summed E-state index contributed by atoms with van der Waals surface area (Å²) in [5.41, 5.74) is 0.0618. The summed E-state index contributed by atoms with van der Waals surface area (Å²) in [5.74, 6) is 3.14. The number of alkyl halides is 1. The monoisotopic (exact) mass is 354 g/mol. The van der Waals surface area contributed by atoms with E-state index in [0.29, 0.717) is 5.91 Å². The lowest BCUT2D eigenvalue weighted by Crippen LogP contribution is -2.58. The highest BCUT2D eigenvalue weighted by molar-refractivity contribution is 9.09. The smallest absolute Gasteiger partial charge is 0.228 e. The topological polar surface area (TPSA) is 23.6 Å². The van der Waals surface area contributed by atoms with Gasteiger partial charge in [-0.1, -0.05) is 15.9 Å². The molecule has 4 saturated carbocycles. The van der Waals surface area contributed by atoms with Gasteiger partial charge in [-0.05, 0) is 56.3 Å². The average Bonchev–Trinajstić information content (AvgIpc) is 2.46. The van der Waals surface area contributed by atoms with Gasteiger partial charge in [-0.2, -0.15) is 0 Å². The Morgan fingerprint density at radius 2 is 1.48 bits per heavy atom. The van der Waals surface area contributed by atoms with Crippen molar-refractivity contribution >= 4 is 21.8 Å². The van der Waals surface area contributed by atoms with E-state index in [-0.39, 0.29) is 5.41 Å². The average molecular weight is 355 g/mol. The van der Waals surface area contributed by atoms with Crippen LogP contribution in [0.1, 0.15) is 38.5 Å². The molecule has 4 aliphatic carbocycles. The van der Waals surface area contributed by atoms with E-state index in [1.54, 1.807) is 0 Å². The quantitative estimate of drug-likeness (QED) is 0.727. The van der Waals surface area contributed by atoms with Gasteiger partial charge in [0.2, 0.25) is 5.91 Å². The Balaban J connectivity index is 1.43. The van der Waals surface area contributed by atoms with Crippen molar-refractivity contribution in [3.8, 4) is 0 Å². The van der Waals surface area contributed by atoms with E-state index in [1.165, 1.54) is 38.5 Å². The summed E-state index contributed by atoms with van der Waals surface area (Å²) in [5, 5.41) is 1.04. The van der Waals surface area contributed by atoms with E-state index < -0.39 is 0 Å². The molecule has 21 heavy (non-hydrogen) atoms. The van der Waals surface area contributed by atoms with Crippen LogP contribution in [0.3, 0.4) is 0 Å². The number of rotatable bonds is 3. The molecule has 118 valence electrons. The zero-order valence-electron chi connectivity index (χ0n) is 12.9. The molecule has 0 unspecified atom stereocenters. The molecule has 5 rings (SSSR count). The largest absolute Gasteiger partial charge is 0.340 e. The Kier molecular flexibility index (Phi) is 3.81. The Morgan fingerprint density at radius 1 is 0.952 bits per heavy atom. The highest BCUT2D eigenvalue weighted by Crippen LogP contribution is 2.60. The lowest BCUT2D eigenvalue weighted by atomic mass is 9.49. The summed E-state index contributed by atoms with van der Waals surface area (Å²) < 4.78 is 0. The van der Waals surface area contributed by atoms with Crippen LogP contribution in [0, 0.1) is 23.2 Å². The summed E-state index contributed by atoms with van der Waals surface area (Å²) in [6.07, 6.45) is 7.89. The fraction of sp³-hybridized carbons (Fsp3) is 0.941. The molecule has 0 aromatic heterocycles. The molecule has 1 amide bonds. The van der Waals surface area contributed by atoms with Crippen molar-refractivity contribution < 1.29 is 4.79 Å². The fourth-order valence-corrected chi connectivity index (χ4v) is 6.50. The van der Waals surface area contributed by atoms with Gasteiger partial charge in [0, 0.05) is 38.1 Å². The van der Waals surface area contributed by atoms with E-state index in [4.69, 9.17) is 0 Å². The molecule has 0 atom stereocenters. The van der Waals surface area contributed by atoms with Gasteiger partial charge >= 0.3 is 0 Å². The molecule has 0 N–H and O–H groups in total. The summed E-state index contributed by atoms with van der Waals surface area (Å²) in [6, 6.07) is 0. The zero-order valence-corrected chi connectivity index (χ0v) is 14.5. The summed E-state index contributed by atoms with van der Waals surface area (Å²) in [4.78, 5) is 17.9. The van der Waals surface area contributed by atoms with Gasteiger partial charge in [0.15, 0.2) is 0 Å². The molecule has 0 aromatic carbocycles. The van der Waals surface area contributed by atoms with Gasteiger partial charge in [0.1, 0.15) is 0 Å². The summed E-state index contributed by atoms with van der Waals surface area (Å²) >= 11 is 3.51. The first kappa shape index (κ1) is 14.5. The molecule has 0 radical (unpaired) electrons. The fourth-order valence-electron chi connectivity index (χ4n) is 6.00. The molecule has 4 heteroatoms.